The highest BCUT2D eigenvalue weighted by Gasteiger charge is 2.27. The van der Waals surface area contributed by atoms with Crippen molar-refractivity contribution in [2.24, 2.45) is 0 Å². The zero-order valence-electron chi connectivity index (χ0n) is 61.3. The molecule has 2 atom stereocenters. The number of esters is 2. The van der Waals surface area contributed by atoms with Crippen LogP contribution in [-0.2, 0) is 32.7 Å². The first-order valence-corrected chi connectivity index (χ1v) is 39.0. The molecule has 538 valence electrons. The summed E-state index contributed by atoms with van der Waals surface area (Å²) in [5.41, 5.74) is 0. The summed E-state index contributed by atoms with van der Waals surface area (Å²) in [7, 11) is 1.44. The van der Waals surface area contributed by atoms with Gasteiger partial charge in [0.1, 0.15) is 19.8 Å². The van der Waals surface area contributed by atoms with E-state index in [4.69, 9.17) is 18.5 Å². The Kier molecular flexibility index (Phi) is 69.2. The van der Waals surface area contributed by atoms with Crippen LogP contribution in [0.2, 0.25) is 0 Å². The van der Waals surface area contributed by atoms with Crippen LogP contribution in [0.25, 0.3) is 0 Å². The van der Waals surface area contributed by atoms with E-state index in [0.29, 0.717) is 23.9 Å². The summed E-state index contributed by atoms with van der Waals surface area (Å²) >= 11 is 0. The summed E-state index contributed by atoms with van der Waals surface area (Å²) in [5, 5.41) is 0. The number of hydrogen-bond donors (Lipinski definition) is 1. The number of rotatable bonds is 66. The number of hydrogen-bond acceptors (Lipinski definition) is 7. The van der Waals surface area contributed by atoms with Crippen molar-refractivity contribution in [3.8, 4) is 0 Å². The summed E-state index contributed by atoms with van der Waals surface area (Å²) in [6, 6.07) is 0. The zero-order valence-corrected chi connectivity index (χ0v) is 62.2. The van der Waals surface area contributed by atoms with Gasteiger partial charge in [-0.05, 0) is 154 Å². The minimum atomic E-state index is -4.42. The summed E-state index contributed by atoms with van der Waals surface area (Å²) in [6.45, 7) is 4.16. The van der Waals surface area contributed by atoms with Crippen LogP contribution < -0.4 is 0 Å². The van der Waals surface area contributed by atoms with Crippen LogP contribution in [0.4, 0.5) is 0 Å². The van der Waals surface area contributed by atoms with Crippen LogP contribution in [-0.4, -0.2) is 74.9 Å². The Morgan fingerprint density at radius 2 is 0.562 bits per heavy atom. The van der Waals surface area contributed by atoms with E-state index in [0.717, 1.165) is 167 Å². The van der Waals surface area contributed by atoms with Gasteiger partial charge in [-0.15, -0.1) is 0 Å². The van der Waals surface area contributed by atoms with Crippen LogP contribution in [0.1, 0.15) is 258 Å². The molecule has 0 aromatic rings. The molecule has 0 saturated heterocycles. The molecular weight excluding hydrogens is 1210 g/mol. The van der Waals surface area contributed by atoms with Crippen molar-refractivity contribution in [2.45, 2.75) is 264 Å². The fraction of sp³-hybridized carbons (Fsp3) is 0.558. The molecule has 2 unspecified atom stereocenters. The third-order valence-electron chi connectivity index (χ3n) is 15.0. The first-order chi connectivity index (χ1) is 47.0. The van der Waals surface area contributed by atoms with E-state index < -0.39 is 26.5 Å². The van der Waals surface area contributed by atoms with Crippen molar-refractivity contribution < 1.29 is 42.1 Å². The second-order valence-corrected chi connectivity index (χ2v) is 26.7. The molecule has 10 heteroatoms. The largest absolute Gasteiger partial charge is 0.472 e. The molecule has 0 bridgehead atoms. The molecule has 0 aromatic heterocycles. The predicted molar refractivity (Wildman–Crippen MR) is 417 cm³/mol. The van der Waals surface area contributed by atoms with Gasteiger partial charge in [-0.1, -0.05) is 310 Å². The monoisotopic (exact) mass is 1340 g/mol. The van der Waals surface area contributed by atoms with Gasteiger partial charge in [-0.2, -0.15) is 0 Å². The highest BCUT2D eigenvalue weighted by atomic mass is 31.2. The molecule has 0 rings (SSSR count). The van der Waals surface area contributed by atoms with Gasteiger partial charge in [0.25, 0.3) is 0 Å². The smallest absolute Gasteiger partial charge is 0.462 e. The number of phosphoric ester groups is 1. The zero-order chi connectivity index (χ0) is 69.7. The maximum Gasteiger partial charge on any atom is 0.472 e. The maximum absolute atomic E-state index is 12.9. The summed E-state index contributed by atoms with van der Waals surface area (Å²) < 4.78 is 34.7. The fourth-order valence-corrected chi connectivity index (χ4v) is 10.1. The van der Waals surface area contributed by atoms with E-state index in [1.807, 2.05) is 21.1 Å². The quantitative estimate of drug-likeness (QED) is 0.0211. The molecule has 0 aliphatic carbocycles. The molecule has 0 fully saturated rings. The normalized spacial score (nSPS) is 14.4. The van der Waals surface area contributed by atoms with Gasteiger partial charge in [0.15, 0.2) is 6.10 Å². The summed E-state index contributed by atoms with van der Waals surface area (Å²) in [4.78, 5) is 35.9. The van der Waals surface area contributed by atoms with Crippen molar-refractivity contribution in [2.75, 3.05) is 47.5 Å². The number of quaternary nitrogens is 1. The lowest BCUT2D eigenvalue weighted by Gasteiger charge is -2.24. The molecule has 0 aliphatic heterocycles. The molecule has 0 amide bonds. The number of likely N-dealkylation sites (N-methyl/N-ethyl adjacent to an activating group) is 1. The SMILES string of the molecule is CC/C=C\C/C=C\C/C=C\C/C=C\C/C=C\C/C=C\C/C=C\C/C=C\C/C=C\CCCCCCCCCCCC(=O)OC(COC(=O)CCCCCCCCC/C=C\C/C=C\C/C=C\C/C=C\C/C=C\C/C=C\C/C=C\C/C=C\C/C=C\CC)COP(=O)(O)OCC[N+](C)(C)C. The Hall–Kier alpha value is -5.67. The topological polar surface area (TPSA) is 108 Å². The lowest BCUT2D eigenvalue weighted by molar-refractivity contribution is -0.870. The molecule has 0 radical (unpaired) electrons. The third-order valence-corrected chi connectivity index (χ3v) is 16.0. The number of carbonyl (C=O) groups excluding carboxylic acids is 2. The van der Waals surface area contributed by atoms with E-state index in [-0.39, 0.29) is 32.0 Å². The number of ether oxygens (including phenoxy) is 2. The van der Waals surface area contributed by atoms with Crippen LogP contribution in [0, 0.1) is 0 Å². The number of allylic oxidation sites excluding steroid dienone is 36. The van der Waals surface area contributed by atoms with Gasteiger partial charge < -0.3 is 18.9 Å². The second kappa shape index (κ2) is 73.6. The summed E-state index contributed by atoms with van der Waals surface area (Å²) in [5.74, 6) is -0.832. The van der Waals surface area contributed by atoms with E-state index in [2.05, 4.69) is 233 Å². The van der Waals surface area contributed by atoms with E-state index in [1.165, 1.54) is 51.4 Å². The van der Waals surface area contributed by atoms with Crippen molar-refractivity contribution in [1.29, 1.82) is 0 Å². The number of unbranched alkanes of at least 4 members (excludes halogenated alkanes) is 16. The van der Waals surface area contributed by atoms with Gasteiger partial charge in [0.05, 0.1) is 27.7 Å². The Morgan fingerprint density at radius 1 is 0.323 bits per heavy atom. The Morgan fingerprint density at radius 3 is 0.833 bits per heavy atom. The number of phosphoric acid groups is 1. The van der Waals surface area contributed by atoms with Crippen molar-refractivity contribution >= 4 is 19.8 Å². The van der Waals surface area contributed by atoms with E-state index >= 15 is 0 Å². The average Bonchev–Trinajstić information content (AvgIpc) is 2.72. The lowest BCUT2D eigenvalue weighted by Crippen LogP contribution is -2.37. The Labute approximate surface area is 588 Å². The third kappa shape index (κ3) is 77.3. The van der Waals surface area contributed by atoms with Gasteiger partial charge >= 0.3 is 19.8 Å². The van der Waals surface area contributed by atoms with Gasteiger partial charge in [0.2, 0.25) is 0 Å². The van der Waals surface area contributed by atoms with Crippen molar-refractivity contribution in [3.63, 3.8) is 0 Å². The highest BCUT2D eigenvalue weighted by molar-refractivity contribution is 7.47. The standard InChI is InChI=1S/C86H136NO8P/c1-6-8-10-12-14-16-18-20-22-24-26-28-30-32-34-36-38-40-42-43-45-47-49-51-53-55-57-59-61-63-65-67-69-71-73-75-77-79-86(89)95-84(83-94-96(90,91)93-81-80-87(3,4)5)82-92-85(88)78-76-74-72-70-68-66-64-62-60-58-56-54-52-50-48-46-44-41-39-37-35-33-31-29-27-25-23-21-19-17-15-13-11-9-7-2/h8-11,14-17,20-23,26-29,32-35,38-41,43,45-46,48-49,51-52,54-55,57-58,60,84H,6-7,12-13,18-19,24-25,30-31,36-37,42,44,47,50,53,56,59,61-83H2,1-5H3/p+1/b10-8-,11-9-,16-14-,17-15-,22-20-,23-21-,28-26-,29-27-,34-32-,35-33-,40-38-,41-39-,45-43-,48-46-,51-49-,54-52-,57-55-,60-58-. The molecule has 0 heterocycles. The first-order valence-electron chi connectivity index (χ1n) is 37.5. The van der Waals surface area contributed by atoms with Crippen molar-refractivity contribution in [3.05, 3.63) is 219 Å². The summed E-state index contributed by atoms with van der Waals surface area (Å²) in [6.07, 6.45) is 118. The van der Waals surface area contributed by atoms with E-state index in [9.17, 15) is 19.0 Å². The first kappa shape index (κ1) is 90.3. The molecule has 1 N–H and O–H groups in total. The van der Waals surface area contributed by atoms with Crippen LogP contribution in [0.3, 0.4) is 0 Å². The number of carbonyl (C=O) groups is 2. The predicted octanol–water partition coefficient (Wildman–Crippen LogP) is 25.2. The van der Waals surface area contributed by atoms with Crippen molar-refractivity contribution in [1.82, 2.24) is 0 Å². The Balaban J connectivity index is 4.16. The highest BCUT2D eigenvalue weighted by Crippen LogP contribution is 2.43. The molecule has 0 saturated carbocycles. The van der Waals surface area contributed by atoms with Gasteiger partial charge in [-0.25, -0.2) is 4.57 Å². The molecular formula is C86H137NO8P+. The Bertz CT molecular complexity index is 2430. The van der Waals surface area contributed by atoms with Gasteiger partial charge in [0, 0.05) is 12.8 Å². The molecule has 0 aliphatic rings. The minimum absolute atomic E-state index is 0.0166. The van der Waals surface area contributed by atoms with Crippen LogP contribution >= 0.6 is 7.82 Å². The molecule has 0 spiro atoms. The molecule has 9 nitrogen and oxygen atoms in total. The average molecular weight is 1340 g/mol. The number of nitrogens with zero attached hydrogens (tertiary/aromatic N) is 1. The minimum Gasteiger partial charge on any atom is -0.462 e. The molecule has 96 heavy (non-hydrogen) atoms. The van der Waals surface area contributed by atoms with E-state index in [1.54, 1.807) is 0 Å². The lowest BCUT2D eigenvalue weighted by atomic mass is 10.1. The maximum atomic E-state index is 12.9. The molecule has 0 aromatic carbocycles. The fourth-order valence-electron chi connectivity index (χ4n) is 9.35. The van der Waals surface area contributed by atoms with Crippen LogP contribution in [0.5, 0.6) is 0 Å². The van der Waals surface area contributed by atoms with Crippen LogP contribution in [0.15, 0.2) is 219 Å². The van der Waals surface area contributed by atoms with Gasteiger partial charge in [-0.3, -0.25) is 18.6 Å². The second-order valence-electron chi connectivity index (χ2n) is 25.2.